The third-order valence-electron chi connectivity index (χ3n) is 3.63. The van der Waals surface area contributed by atoms with E-state index in [4.69, 9.17) is 5.73 Å². The highest BCUT2D eigenvalue weighted by Gasteiger charge is 2.22. The van der Waals surface area contributed by atoms with Crippen LogP contribution < -0.4 is 5.73 Å². The maximum atomic E-state index is 5.64. The lowest BCUT2D eigenvalue weighted by Crippen LogP contribution is -2.37. The molecule has 0 aromatic carbocycles. The van der Waals surface area contributed by atoms with Gasteiger partial charge in [-0.1, -0.05) is 6.92 Å². The van der Waals surface area contributed by atoms with Crippen LogP contribution in [0, 0.1) is 5.92 Å². The smallest absolute Gasteiger partial charge is 0.0102 e. The van der Waals surface area contributed by atoms with Gasteiger partial charge in [-0.15, -0.1) is 0 Å². The molecule has 0 aromatic heterocycles. The Labute approximate surface area is 94.6 Å². The molecule has 1 heterocycles. The molecule has 0 saturated carbocycles. The molecule has 0 aromatic rings. The van der Waals surface area contributed by atoms with Gasteiger partial charge in [0.05, 0.1) is 0 Å². The van der Waals surface area contributed by atoms with Gasteiger partial charge < -0.3 is 15.5 Å². The molecule has 3 heteroatoms. The summed E-state index contributed by atoms with van der Waals surface area (Å²) in [4.78, 5) is 4.94. The van der Waals surface area contributed by atoms with Crippen LogP contribution in [0.4, 0.5) is 0 Å². The second kappa shape index (κ2) is 6.46. The molecule has 2 N–H and O–H groups in total. The van der Waals surface area contributed by atoms with Crippen molar-refractivity contribution in [3.05, 3.63) is 0 Å². The van der Waals surface area contributed by atoms with Crippen LogP contribution in [0.1, 0.15) is 26.2 Å². The van der Waals surface area contributed by atoms with E-state index in [-0.39, 0.29) is 0 Å². The number of rotatable bonds is 6. The number of hydrogen-bond acceptors (Lipinski definition) is 3. The Balaban J connectivity index is 2.29. The summed E-state index contributed by atoms with van der Waals surface area (Å²) in [5, 5.41) is 0. The Morgan fingerprint density at radius 2 is 2.27 bits per heavy atom. The summed E-state index contributed by atoms with van der Waals surface area (Å²) >= 11 is 0. The van der Waals surface area contributed by atoms with Crippen molar-refractivity contribution in [2.75, 3.05) is 40.3 Å². The van der Waals surface area contributed by atoms with Crippen LogP contribution in [0.15, 0.2) is 0 Å². The zero-order valence-corrected chi connectivity index (χ0v) is 10.6. The molecule has 2 unspecified atom stereocenters. The normalized spacial score (nSPS) is 25.0. The van der Waals surface area contributed by atoms with Gasteiger partial charge in [0, 0.05) is 19.1 Å². The molecular formula is C12H27N3. The summed E-state index contributed by atoms with van der Waals surface area (Å²) in [6.07, 6.45) is 3.71. The molecule has 1 aliphatic heterocycles. The minimum Gasteiger partial charge on any atom is -0.330 e. The molecule has 0 amide bonds. The molecule has 3 nitrogen and oxygen atoms in total. The van der Waals surface area contributed by atoms with Crippen LogP contribution in [-0.4, -0.2) is 56.1 Å². The van der Waals surface area contributed by atoms with Gasteiger partial charge in [-0.2, -0.15) is 0 Å². The Morgan fingerprint density at radius 3 is 2.73 bits per heavy atom. The number of hydrogen-bond donors (Lipinski definition) is 1. The minimum absolute atomic E-state index is 0.681. The molecule has 1 fully saturated rings. The second-order valence-corrected chi connectivity index (χ2v) is 5.00. The summed E-state index contributed by atoms with van der Waals surface area (Å²) in [7, 11) is 4.47. The lowest BCUT2D eigenvalue weighted by Gasteiger charge is -2.29. The van der Waals surface area contributed by atoms with Crippen molar-refractivity contribution in [2.45, 2.75) is 32.2 Å². The van der Waals surface area contributed by atoms with E-state index in [1.165, 1.54) is 32.5 Å². The fraction of sp³-hybridized carbons (Fsp3) is 1.00. The zero-order valence-electron chi connectivity index (χ0n) is 10.6. The van der Waals surface area contributed by atoms with Crippen molar-refractivity contribution in [3.8, 4) is 0 Å². The van der Waals surface area contributed by atoms with Gasteiger partial charge in [0.2, 0.25) is 0 Å². The molecule has 15 heavy (non-hydrogen) atoms. The van der Waals surface area contributed by atoms with Crippen LogP contribution in [0.3, 0.4) is 0 Å². The Bertz CT molecular complexity index is 172. The summed E-state index contributed by atoms with van der Waals surface area (Å²) < 4.78 is 0. The van der Waals surface area contributed by atoms with Gasteiger partial charge in [0.15, 0.2) is 0 Å². The van der Waals surface area contributed by atoms with Crippen LogP contribution in [-0.2, 0) is 0 Å². The standard InChI is InChI=1S/C12H27N3/c1-4-12(5-7-13)15(3)10-11-6-8-14(2)9-11/h11-12H,4-10,13H2,1-3H3. The van der Waals surface area contributed by atoms with Crippen molar-refractivity contribution in [3.63, 3.8) is 0 Å². The van der Waals surface area contributed by atoms with E-state index in [9.17, 15) is 0 Å². The first-order valence-corrected chi connectivity index (χ1v) is 6.26. The van der Waals surface area contributed by atoms with E-state index in [1.807, 2.05) is 0 Å². The molecule has 0 aliphatic carbocycles. The summed E-state index contributed by atoms with van der Waals surface area (Å²) in [5.74, 6) is 0.867. The zero-order chi connectivity index (χ0) is 11.3. The van der Waals surface area contributed by atoms with Crippen LogP contribution in [0.25, 0.3) is 0 Å². The number of nitrogens with zero attached hydrogens (tertiary/aromatic N) is 2. The molecule has 1 saturated heterocycles. The van der Waals surface area contributed by atoms with E-state index in [1.54, 1.807) is 0 Å². The van der Waals surface area contributed by atoms with E-state index >= 15 is 0 Å². The lowest BCUT2D eigenvalue weighted by molar-refractivity contribution is 0.194. The lowest BCUT2D eigenvalue weighted by atomic mass is 10.1. The van der Waals surface area contributed by atoms with Crippen molar-refractivity contribution in [2.24, 2.45) is 11.7 Å². The van der Waals surface area contributed by atoms with E-state index < -0.39 is 0 Å². The maximum absolute atomic E-state index is 5.64. The molecule has 0 radical (unpaired) electrons. The number of likely N-dealkylation sites (tertiary alicyclic amines) is 1. The van der Waals surface area contributed by atoms with Crippen LogP contribution >= 0.6 is 0 Å². The van der Waals surface area contributed by atoms with Gasteiger partial charge in [0.1, 0.15) is 0 Å². The predicted octanol–water partition coefficient (Wildman–Crippen LogP) is 0.997. The third-order valence-corrected chi connectivity index (χ3v) is 3.63. The van der Waals surface area contributed by atoms with Gasteiger partial charge in [0.25, 0.3) is 0 Å². The van der Waals surface area contributed by atoms with Crippen LogP contribution in [0.2, 0.25) is 0 Å². The summed E-state index contributed by atoms with van der Waals surface area (Å²) in [6, 6.07) is 0.681. The second-order valence-electron chi connectivity index (χ2n) is 5.00. The summed E-state index contributed by atoms with van der Waals surface area (Å²) in [5.41, 5.74) is 5.64. The fourth-order valence-electron chi connectivity index (χ4n) is 2.66. The first-order chi connectivity index (χ1) is 7.17. The van der Waals surface area contributed by atoms with E-state index in [0.717, 1.165) is 18.9 Å². The summed E-state index contributed by atoms with van der Waals surface area (Å²) in [6.45, 7) is 6.85. The van der Waals surface area contributed by atoms with Crippen molar-refractivity contribution in [1.29, 1.82) is 0 Å². The quantitative estimate of drug-likeness (QED) is 0.714. The Kier molecular flexibility index (Phi) is 5.58. The molecular weight excluding hydrogens is 186 g/mol. The highest BCUT2D eigenvalue weighted by atomic mass is 15.2. The molecule has 90 valence electrons. The highest BCUT2D eigenvalue weighted by Crippen LogP contribution is 2.17. The van der Waals surface area contributed by atoms with Gasteiger partial charge in [-0.3, -0.25) is 0 Å². The van der Waals surface area contributed by atoms with Crippen LogP contribution in [0.5, 0.6) is 0 Å². The van der Waals surface area contributed by atoms with E-state index in [0.29, 0.717) is 6.04 Å². The molecule has 0 spiro atoms. The molecule has 0 bridgehead atoms. The first kappa shape index (κ1) is 12.9. The average Bonchev–Trinajstić information content (AvgIpc) is 2.60. The Morgan fingerprint density at radius 1 is 1.53 bits per heavy atom. The van der Waals surface area contributed by atoms with Gasteiger partial charge in [-0.25, -0.2) is 0 Å². The average molecular weight is 213 g/mol. The maximum Gasteiger partial charge on any atom is 0.0102 e. The largest absolute Gasteiger partial charge is 0.330 e. The monoisotopic (exact) mass is 213 g/mol. The SMILES string of the molecule is CCC(CCN)N(C)CC1CCN(C)C1. The molecule has 1 rings (SSSR count). The van der Waals surface area contributed by atoms with E-state index in [2.05, 4.69) is 30.8 Å². The van der Waals surface area contributed by atoms with Crippen molar-refractivity contribution in [1.82, 2.24) is 9.80 Å². The predicted molar refractivity (Wildman–Crippen MR) is 66.0 cm³/mol. The topological polar surface area (TPSA) is 32.5 Å². The van der Waals surface area contributed by atoms with Crippen molar-refractivity contribution < 1.29 is 0 Å². The minimum atomic E-state index is 0.681. The third kappa shape index (κ3) is 4.09. The Hall–Kier alpha value is -0.120. The van der Waals surface area contributed by atoms with Crippen molar-refractivity contribution >= 4 is 0 Å². The van der Waals surface area contributed by atoms with Gasteiger partial charge in [-0.05, 0) is 52.4 Å². The molecule has 1 aliphatic rings. The molecule has 2 atom stereocenters. The fourth-order valence-corrected chi connectivity index (χ4v) is 2.66. The number of nitrogens with two attached hydrogens (primary N) is 1. The van der Waals surface area contributed by atoms with Gasteiger partial charge >= 0.3 is 0 Å². The highest BCUT2D eigenvalue weighted by molar-refractivity contribution is 4.78. The first-order valence-electron chi connectivity index (χ1n) is 6.26.